The van der Waals surface area contributed by atoms with Gasteiger partial charge in [0.25, 0.3) is 0 Å². The molecule has 2 rings (SSSR count). The van der Waals surface area contributed by atoms with Crippen molar-refractivity contribution in [3.8, 4) is 0 Å². The summed E-state index contributed by atoms with van der Waals surface area (Å²) in [4.78, 5) is 3.88. The maximum absolute atomic E-state index is 3.44. The number of benzene rings is 1. The second kappa shape index (κ2) is 5.42. The van der Waals surface area contributed by atoms with E-state index < -0.39 is 0 Å². The minimum Gasteiger partial charge on any atom is -0.369 e. The molecule has 0 saturated carbocycles. The third-order valence-corrected chi connectivity index (χ3v) is 3.55. The van der Waals surface area contributed by atoms with Crippen LogP contribution in [0.2, 0.25) is 0 Å². The number of hydrogen-bond acceptors (Lipinski definition) is 3. The smallest absolute Gasteiger partial charge is 0.0504 e. The third-order valence-electron chi connectivity index (χ3n) is 2.77. The second-order valence-electron chi connectivity index (χ2n) is 3.76. The Kier molecular flexibility index (Phi) is 3.92. The standard InChI is InChI=1S/C12H18N2S/c1-15-12-6-3-2-5-11(12)14-9-4-7-13-8-10-14/h2-3,5-6,13H,4,7-10H2,1H3. The third kappa shape index (κ3) is 2.67. The molecule has 0 aliphatic carbocycles. The number of rotatable bonds is 2. The van der Waals surface area contributed by atoms with Crippen LogP contribution in [0.4, 0.5) is 5.69 Å². The molecule has 3 heteroatoms. The maximum Gasteiger partial charge on any atom is 0.0504 e. The van der Waals surface area contributed by atoms with Gasteiger partial charge >= 0.3 is 0 Å². The van der Waals surface area contributed by atoms with Gasteiger partial charge in [0.05, 0.1) is 5.69 Å². The average molecular weight is 222 g/mol. The molecule has 0 spiro atoms. The highest BCUT2D eigenvalue weighted by atomic mass is 32.2. The maximum atomic E-state index is 3.44. The van der Waals surface area contributed by atoms with Crippen molar-refractivity contribution in [1.82, 2.24) is 5.32 Å². The highest BCUT2D eigenvalue weighted by Crippen LogP contribution is 2.28. The summed E-state index contributed by atoms with van der Waals surface area (Å²) in [5.74, 6) is 0. The molecule has 0 amide bonds. The zero-order valence-electron chi connectivity index (χ0n) is 9.20. The summed E-state index contributed by atoms with van der Waals surface area (Å²) in [7, 11) is 0. The van der Waals surface area contributed by atoms with Gasteiger partial charge < -0.3 is 10.2 Å². The number of nitrogens with one attached hydrogen (secondary N) is 1. The summed E-state index contributed by atoms with van der Waals surface area (Å²) < 4.78 is 0. The van der Waals surface area contributed by atoms with Crippen molar-refractivity contribution in [1.29, 1.82) is 0 Å². The van der Waals surface area contributed by atoms with E-state index in [2.05, 4.69) is 40.7 Å². The molecule has 1 aromatic carbocycles. The van der Waals surface area contributed by atoms with E-state index in [1.807, 2.05) is 11.8 Å². The van der Waals surface area contributed by atoms with Gasteiger partial charge in [0.15, 0.2) is 0 Å². The van der Waals surface area contributed by atoms with E-state index in [-0.39, 0.29) is 0 Å². The number of thioether (sulfide) groups is 1. The Morgan fingerprint density at radius 1 is 1.20 bits per heavy atom. The van der Waals surface area contributed by atoms with Crippen molar-refractivity contribution >= 4 is 17.4 Å². The van der Waals surface area contributed by atoms with Gasteiger partial charge in [-0.25, -0.2) is 0 Å². The first kappa shape index (κ1) is 10.8. The number of hydrogen-bond donors (Lipinski definition) is 1. The van der Waals surface area contributed by atoms with Crippen molar-refractivity contribution in [2.24, 2.45) is 0 Å². The fourth-order valence-corrected chi connectivity index (χ4v) is 2.60. The Labute approximate surface area is 96.0 Å². The van der Waals surface area contributed by atoms with Crippen LogP contribution in [0.5, 0.6) is 0 Å². The quantitative estimate of drug-likeness (QED) is 0.772. The van der Waals surface area contributed by atoms with Crippen molar-refractivity contribution in [2.45, 2.75) is 11.3 Å². The lowest BCUT2D eigenvalue weighted by atomic mass is 10.2. The highest BCUT2D eigenvalue weighted by molar-refractivity contribution is 7.98. The first-order valence-electron chi connectivity index (χ1n) is 5.50. The number of anilines is 1. The zero-order chi connectivity index (χ0) is 10.5. The predicted octanol–water partition coefficient (Wildman–Crippen LogP) is 2.21. The monoisotopic (exact) mass is 222 g/mol. The Morgan fingerprint density at radius 3 is 2.93 bits per heavy atom. The van der Waals surface area contributed by atoms with Gasteiger partial charge in [0, 0.05) is 24.5 Å². The summed E-state index contributed by atoms with van der Waals surface area (Å²) in [6.07, 6.45) is 3.39. The van der Waals surface area contributed by atoms with E-state index in [1.54, 1.807) is 0 Å². The summed E-state index contributed by atoms with van der Waals surface area (Å²) in [5, 5.41) is 3.44. The van der Waals surface area contributed by atoms with Crippen LogP contribution in [0.3, 0.4) is 0 Å². The molecule has 0 unspecified atom stereocenters. The van der Waals surface area contributed by atoms with Crippen LogP contribution in [0.1, 0.15) is 6.42 Å². The minimum absolute atomic E-state index is 1.10. The molecule has 1 saturated heterocycles. The molecule has 0 radical (unpaired) electrons. The molecule has 0 aromatic heterocycles. The fourth-order valence-electron chi connectivity index (χ4n) is 1.98. The van der Waals surface area contributed by atoms with E-state index in [1.165, 1.54) is 23.5 Å². The molecule has 0 bridgehead atoms. The van der Waals surface area contributed by atoms with E-state index >= 15 is 0 Å². The Bertz CT molecular complexity index is 306. The van der Waals surface area contributed by atoms with E-state index in [9.17, 15) is 0 Å². The lowest BCUT2D eigenvalue weighted by Gasteiger charge is -2.24. The molecule has 1 aromatic rings. The highest BCUT2D eigenvalue weighted by Gasteiger charge is 2.11. The lowest BCUT2D eigenvalue weighted by molar-refractivity contribution is 0.724. The van der Waals surface area contributed by atoms with Crippen LogP contribution in [0.25, 0.3) is 0 Å². The minimum atomic E-state index is 1.10. The van der Waals surface area contributed by atoms with Crippen molar-refractivity contribution in [2.75, 3.05) is 37.3 Å². The molecule has 1 heterocycles. The average Bonchev–Trinajstić information content (AvgIpc) is 2.57. The van der Waals surface area contributed by atoms with Crippen LogP contribution in [0, 0.1) is 0 Å². The second-order valence-corrected chi connectivity index (χ2v) is 4.61. The van der Waals surface area contributed by atoms with Gasteiger partial charge in [-0.05, 0) is 31.4 Å². The van der Waals surface area contributed by atoms with Crippen LogP contribution < -0.4 is 10.2 Å². The SMILES string of the molecule is CSc1ccccc1N1CCCNCC1. The van der Waals surface area contributed by atoms with Crippen LogP contribution in [-0.2, 0) is 0 Å². The number of nitrogens with zero attached hydrogens (tertiary/aromatic N) is 1. The number of para-hydroxylation sites is 1. The fraction of sp³-hybridized carbons (Fsp3) is 0.500. The van der Waals surface area contributed by atoms with Gasteiger partial charge in [-0.3, -0.25) is 0 Å². The van der Waals surface area contributed by atoms with Gasteiger partial charge in [0.2, 0.25) is 0 Å². The Hall–Kier alpha value is -0.670. The van der Waals surface area contributed by atoms with Crippen molar-refractivity contribution in [3.05, 3.63) is 24.3 Å². The summed E-state index contributed by atoms with van der Waals surface area (Å²) in [5.41, 5.74) is 1.40. The summed E-state index contributed by atoms with van der Waals surface area (Å²) >= 11 is 1.83. The van der Waals surface area contributed by atoms with Gasteiger partial charge in [-0.1, -0.05) is 12.1 Å². The van der Waals surface area contributed by atoms with Gasteiger partial charge in [-0.2, -0.15) is 0 Å². The van der Waals surface area contributed by atoms with Crippen molar-refractivity contribution < 1.29 is 0 Å². The topological polar surface area (TPSA) is 15.3 Å². The van der Waals surface area contributed by atoms with E-state index in [0.717, 1.165) is 19.6 Å². The molecular weight excluding hydrogens is 204 g/mol. The predicted molar refractivity (Wildman–Crippen MR) is 67.9 cm³/mol. The normalized spacial score (nSPS) is 17.5. The Balaban J connectivity index is 2.18. The molecule has 82 valence electrons. The van der Waals surface area contributed by atoms with Gasteiger partial charge in [0.1, 0.15) is 0 Å². The first-order valence-corrected chi connectivity index (χ1v) is 6.73. The molecule has 1 N–H and O–H groups in total. The molecule has 2 nitrogen and oxygen atoms in total. The zero-order valence-corrected chi connectivity index (χ0v) is 10.0. The van der Waals surface area contributed by atoms with Crippen molar-refractivity contribution in [3.63, 3.8) is 0 Å². The first-order chi connectivity index (χ1) is 7.42. The van der Waals surface area contributed by atoms with E-state index in [0.29, 0.717) is 0 Å². The molecule has 0 atom stereocenters. The summed E-state index contributed by atoms with van der Waals surface area (Å²) in [6, 6.07) is 8.69. The van der Waals surface area contributed by atoms with Crippen LogP contribution in [0.15, 0.2) is 29.2 Å². The summed E-state index contributed by atoms with van der Waals surface area (Å²) in [6.45, 7) is 4.54. The Morgan fingerprint density at radius 2 is 2.07 bits per heavy atom. The molecule has 1 aliphatic heterocycles. The van der Waals surface area contributed by atoms with Crippen LogP contribution in [-0.4, -0.2) is 32.4 Å². The largest absolute Gasteiger partial charge is 0.369 e. The molecule has 1 fully saturated rings. The lowest BCUT2D eigenvalue weighted by Crippen LogP contribution is -2.28. The van der Waals surface area contributed by atoms with Gasteiger partial charge in [-0.15, -0.1) is 11.8 Å². The van der Waals surface area contributed by atoms with E-state index in [4.69, 9.17) is 0 Å². The molecular formula is C12H18N2S. The molecule has 1 aliphatic rings. The van der Waals surface area contributed by atoms with Crippen LogP contribution >= 0.6 is 11.8 Å². The molecule has 15 heavy (non-hydrogen) atoms.